The maximum atomic E-state index is 12.7. The molecule has 1 aromatic carbocycles. The van der Waals surface area contributed by atoms with Crippen molar-refractivity contribution in [3.05, 3.63) is 39.4 Å². The summed E-state index contributed by atoms with van der Waals surface area (Å²) in [6, 6.07) is 5.26. The molecular weight excluding hydrogens is 332 g/mol. The lowest BCUT2D eigenvalue weighted by atomic mass is 10.1. The minimum absolute atomic E-state index is 0. The fourth-order valence-corrected chi connectivity index (χ4v) is 3.39. The molecule has 1 amide bonds. The second-order valence-corrected chi connectivity index (χ2v) is 6.25. The molecule has 7 nitrogen and oxygen atoms in total. The number of carbonyl (C=O) groups is 1. The lowest BCUT2D eigenvalue weighted by Crippen LogP contribution is -2.52. The van der Waals surface area contributed by atoms with Crippen LogP contribution < -0.4 is 5.32 Å². The Morgan fingerprint density at radius 2 is 2.00 bits per heavy atom. The molecule has 2 fully saturated rings. The smallest absolute Gasteiger partial charge is 0.282 e. The number of hydrogen-bond donors (Lipinski definition) is 1. The summed E-state index contributed by atoms with van der Waals surface area (Å²) < 4.78 is 0. The van der Waals surface area contributed by atoms with Crippen LogP contribution in [0.3, 0.4) is 0 Å². The fourth-order valence-electron chi connectivity index (χ4n) is 3.39. The number of benzene rings is 1. The molecule has 2 saturated heterocycles. The third kappa shape index (κ3) is 3.85. The van der Waals surface area contributed by atoms with Gasteiger partial charge in [0.15, 0.2) is 0 Å². The third-order valence-electron chi connectivity index (χ3n) is 4.73. The van der Waals surface area contributed by atoms with Crippen molar-refractivity contribution in [1.82, 2.24) is 15.1 Å². The van der Waals surface area contributed by atoms with Gasteiger partial charge < -0.3 is 10.2 Å². The van der Waals surface area contributed by atoms with Crippen LogP contribution in [0.5, 0.6) is 0 Å². The second kappa shape index (κ2) is 7.92. The van der Waals surface area contributed by atoms with Crippen LogP contribution in [-0.4, -0.2) is 65.9 Å². The van der Waals surface area contributed by atoms with Crippen LogP contribution in [0.1, 0.15) is 22.3 Å². The zero-order valence-corrected chi connectivity index (χ0v) is 14.6. The zero-order valence-electron chi connectivity index (χ0n) is 13.7. The Labute approximate surface area is 147 Å². The molecule has 1 aromatic rings. The summed E-state index contributed by atoms with van der Waals surface area (Å²) in [6.07, 6.45) is 1.15. The molecule has 3 rings (SSSR count). The Kier molecular flexibility index (Phi) is 6.15. The predicted octanol–water partition coefficient (Wildman–Crippen LogP) is 1.44. The van der Waals surface area contributed by atoms with Gasteiger partial charge in [-0.1, -0.05) is 6.07 Å². The Hall–Kier alpha value is -1.70. The highest BCUT2D eigenvalue weighted by molar-refractivity contribution is 5.98. The van der Waals surface area contributed by atoms with Crippen LogP contribution >= 0.6 is 12.4 Å². The van der Waals surface area contributed by atoms with E-state index in [4.69, 9.17) is 0 Å². The number of nitrogens with one attached hydrogen (secondary N) is 1. The SMILES string of the molecule is Cc1ccc([N+](=O)[O-])c(C(=O)N2CCN(C3CCNC3)CC2)c1.Cl. The Morgan fingerprint density at radius 1 is 1.29 bits per heavy atom. The molecule has 2 aliphatic rings. The standard InChI is InChI=1S/C16H22N4O3.ClH/c1-12-2-3-15(20(22)23)14(10-12)16(21)19-8-6-18(7-9-19)13-4-5-17-11-13;/h2-3,10,13,17H,4-9,11H2,1H3;1H. The molecule has 1 N–H and O–H groups in total. The summed E-state index contributed by atoms with van der Waals surface area (Å²) in [6.45, 7) is 6.82. The van der Waals surface area contributed by atoms with Crippen molar-refractivity contribution in [2.75, 3.05) is 39.3 Å². The molecule has 1 atom stereocenters. The van der Waals surface area contributed by atoms with Gasteiger partial charge in [-0.05, 0) is 31.5 Å². The first-order chi connectivity index (χ1) is 11.1. The van der Waals surface area contributed by atoms with Gasteiger partial charge in [-0.3, -0.25) is 19.8 Å². The number of nitro benzene ring substituents is 1. The van der Waals surface area contributed by atoms with E-state index in [1.807, 2.05) is 6.92 Å². The Balaban J connectivity index is 0.00000208. The molecule has 1 unspecified atom stereocenters. The van der Waals surface area contributed by atoms with Gasteiger partial charge in [-0.2, -0.15) is 0 Å². The van der Waals surface area contributed by atoms with Crippen LogP contribution in [0.4, 0.5) is 5.69 Å². The monoisotopic (exact) mass is 354 g/mol. The minimum Gasteiger partial charge on any atom is -0.336 e. The van der Waals surface area contributed by atoms with E-state index in [0.717, 1.165) is 38.2 Å². The van der Waals surface area contributed by atoms with E-state index < -0.39 is 4.92 Å². The molecule has 2 aliphatic heterocycles. The lowest BCUT2D eigenvalue weighted by Gasteiger charge is -2.37. The molecule has 0 aliphatic carbocycles. The lowest BCUT2D eigenvalue weighted by molar-refractivity contribution is -0.385. The number of carbonyl (C=O) groups excluding carboxylic acids is 1. The average Bonchev–Trinajstić information content (AvgIpc) is 3.08. The minimum atomic E-state index is -0.479. The fraction of sp³-hybridized carbons (Fsp3) is 0.562. The normalized spacial score (nSPS) is 21.4. The van der Waals surface area contributed by atoms with E-state index in [1.54, 1.807) is 17.0 Å². The van der Waals surface area contributed by atoms with Crippen molar-refractivity contribution < 1.29 is 9.72 Å². The van der Waals surface area contributed by atoms with E-state index in [2.05, 4.69) is 10.2 Å². The molecule has 8 heteroatoms. The Bertz CT molecular complexity index is 611. The van der Waals surface area contributed by atoms with Crippen LogP contribution in [0.25, 0.3) is 0 Å². The number of nitrogens with zero attached hydrogens (tertiary/aromatic N) is 3. The second-order valence-electron chi connectivity index (χ2n) is 6.25. The van der Waals surface area contributed by atoms with Crippen molar-refractivity contribution in [3.8, 4) is 0 Å². The third-order valence-corrected chi connectivity index (χ3v) is 4.73. The maximum Gasteiger partial charge on any atom is 0.282 e. The number of rotatable bonds is 3. The maximum absolute atomic E-state index is 12.7. The van der Waals surface area contributed by atoms with Crippen molar-refractivity contribution in [1.29, 1.82) is 0 Å². The van der Waals surface area contributed by atoms with E-state index in [-0.39, 0.29) is 29.6 Å². The highest BCUT2D eigenvalue weighted by Crippen LogP contribution is 2.22. The van der Waals surface area contributed by atoms with Crippen LogP contribution in [-0.2, 0) is 0 Å². The molecule has 0 radical (unpaired) electrons. The number of piperazine rings is 1. The van der Waals surface area contributed by atoms with Gasteiger partial charge in [-0.25, -0.2) is 0 Å². The highest BCUT2D eigenvalue weighted by atomic mass is 35.5. The summed E-state index contributed by atoms with van der Waals surface area (Å²) in [4.78, 5) is 27.5. The predicted molar refractivity (Wildman–Crippen MR) is 93.8 cm³/mol. The summed E-state index contributed by atoms with van der Waals surface area (Å²) >= 11 is 0. The number of aryl methyl sites for hydroxylation is 1. The molecule has 132 valence electrons. The van der Waals surface area contributed by atoms with Gasteiger partial charge in [-0.15, -0.1) is 12.4 Å². The first kappa shape index (κ1) is 18.6. The number of amides is 1. The van der Waals surface area contributed by atoms with Gasteiger partial charge >= 0.3 is 0 Å². The summed E-state index contributed by atoms with van der Waals surface area (Å²) in [5.74, 6) is -0.232. The number of hydrogen-bond acceptors (Lipinski definition) is 5. The molecule has 0 bridgehead atoms. The van der Waals surface area contributed by atoms with Gasteiger partial charge in [0.25, 0.3) is 11.6 Å². The topological polar surface area (TPSA) is 78.7 Å². The number of nitro groups is 1. The summed E-state index contributed by atoms with van der Waals surface area (Å²) in [5, 5.41) is 14.5. The first-order valence-electron chi connectivity index (χ1n) is 8.05. The van der Waals surface area contributed by atoms with Crippen molar-refractivity contribution in [2.24, 2.45) is 0 Å². The van der Waals surface area contributed by atoms with Gasteiger partial charge in [0.05, 0.1) is 4.92 Å². The quantitative estimate of drug-likeness (QED) is 0.656. The van der Waals surface area contributed by atoms with Gasteiger partial charge in [0, 0.05) is 44.8 Å². The van der Waals surface area contributed by atoms with Crippen molar-refractivity contribution in [3.63, 3.8) is 0 Å². The van der Waals surface area contributed by atoms with E-state index in [9.17, 15) is 14.9 Å². The number of halogens is 1. The summed E-state index contributed by atoms with van der Waals surface area (Å²) in [5.41, 5.74) is 0.948. The van der Waals surface area contributed by atoms with E-state index >= 15 is 0 Å². The average molecular weight is 355 g/mol. The highest BCUT2D eigenvalue weighted by Gasteiger charge is 2.30. The molecule has 2 heterocycles. The van der Waals surface area contributed by atoms with E-state index in [0.29, 0.717) is 19.1 Å². The first-order valence-corrected chi connectivity index (χ1v) is 8.05. The zero-order chi connectivity index (χ0) is 16.4. The molecule has 0 aromatic heterocycles. The van der Waals surface area contributed by atoms with Crippen molar-refractivity contribution in [2.45, 2.75) is 19.4 Å². The van der Waals surface area contributed by atoms with Gasteiger partial charge in [0.2, 0.25) is 0 Å². The van der Waals surface area contributed by atoms with Gasteiger partial charge in [0.1, 0.15) is 5.56 Å². The van der Waals surface area contributed by atoms with Crippen LogP contribution in [0, 0.1) is 17.0 Å². The molecular formula is C16H23ClN4O3. The Morgan fingerprint density at radius 3 is 2.58 bits per heavy atom. The van der Waals surface area contributed by atoms with Crippen LogP contribution in [0.2, 0.25) is 0 Å². The molecule has 0 saturated carbocycles. The van der Waals surface area contributed by atoms with Crippen LogP contribution in [0.15, 0.2) is 18.2 Å². The molecule has 0 spiro atoms. The molecule has 24 heavy (non-hydrogen) atoms. The largest absolute Gasteiger partial charge is 0.336 e. The summed E-state index contributed by atoms with van der Waals surface area (Å²) in [7, 11) is 0. The van der Waals surface area contributed by atoms with Crippen molar-refractivity contribution >= 4 is 24.0 Å². The van der Waals surface area contributed by atoms with E-state index in [1.165, 1.54) is 6.07 Å².